The number of hydrogen-bond acceptors (Lipinski definition) is 3. The Morgan fingerprint density at radius 1 is 1.05 bits per heavy atom. The molecule has 0 bridgehead atoms. The molecule has 0 spiro atoms. The lowest BCUT2D eigenvalue weighted by atomic mass is 10.1. The number of hydrogen-bond donors (Lipinski definition) is 1. The average Bonchev–Trinajstić information content (AvgIpc) is 2.49. The first kappa shape index (κ1) is 13.9. The second-order valence-corrected chi connectivity index (χ2v) is 5.71. The van der Waals surface area contributed by atoms with Crippen LogP contribution in [-0.4, -0.2) is 9.97 Å². The maximum atomic E-state index is 13.9. The van der Waals surface area contributed by atoms with Gasteiger partial charge in [-0.25, -0.2) is 4.39 Å². The number of aromatic nitrogens is 2. The molecule has 21 heavy (non-hydrogen) atoms. The van der Waals surface area contributed by atoms with Crippen molar-refractivity contribution in [3.63, 3.8) is 0 Å². The Kier molecular flexibility index (Phi) is 3.84. The van der Waals surface area contributed by atoms with Gasteiger partial charge in [0.05, 0.1) is 17.1 Å². The zero-order chi connectivity index (χ0) is 14.8. The highest BCUT2D eigenvalue weighted by atomic mass is 79.9. The van der Waals surface area contributed by atoms with Gasteiger partial charge in [-0.2, -0.15) is 0 Å². The lowest BCUT2D eigenvalue weighted by Crippen LogP contribution is -2.08. The van der Waals surface area contributed by atoms with Gasteiger partial charge in [0.1, 0.15) is 5.82 Å². The first-order valence-electron chi connectivity index (χ1n) is 6.56. The third kappa shape index (κ3) is 3.03. The van der Waals surface area contributed by atoms with Crippen LogP contribution in [0, 0.1) is 5.82 Å². The largest absolute Gasteiger partial charge is 0.378 e. The van der Waals surface area contributed by atoms with Crippen LogP contribution in [0.1, 0.15) is 18.5 Å². The highest BCUT2D eigenvalue weighted by molar-refractivity contribution is 9.10. The number of nitrogens with zero attached hydrogens (tertiary/aromatic N) is 2. The number of anilines is 1. The molecule has 0 saturated carbocycles. The number of rotatable bonds is 3. The highest BCUT2D eigenvalue weighted by Crippen LogP contribution is 2.25. The molecule has 0 amide bonds. The Morgan fingerprint density at radius 2 is 1.81 bits per heavy atom. The summed E-state index contributed by atoms with van der Waals surface area (Å²) in [4.78, 5) is 8.50. The van der Waals surface area contributed by atoms with Gasteiger partial charge in [-0.15, -0.1) is 0 Å². The molecule has 0 radical (unpaired) electrons. The lowest BCUT2D eigenvalue weighted by Gasteiger charge is -2.17. The number of benzene rings is 2. The monoisotopic (exact) mass is 345 g/mol. The molecule has 3 aromatic rings. The first-order valence-corrected chi connectivity index (χ1v) is 7.35. The van der Waals surface area contributed by atoms with Crippen molar-refractivity contribution < 1.29 is 4.39 Å². The van der Waals surface area contributed by atoms with Crippen molar-refractivity contribution in [3.05, 3.63) is 64.6 Å². The van der Waals surface area contributed by atoms with Crippen LogP contribution in [0.2, 0.25) is 0 Å². The van der Waals surface area contributed by atoms with Crippen molar-refractivity contribution in [2.24, 2.45) is 0 Å². The predicted molar refractivity (Wildman–Crippen MR) is 85.7 cm³/mol. The summed E-state index contributed by atoms with van der Waals surface area (Å²) in [5.74, 6) is -0.223. The normalized spacial score (nSPS) is 12.3. The molecule has 0 fully saturated rings. The van der Waals surface area contributed by atoms with E-state index < -0.39 is 0 Å². The van der Waals surface area contributed by atoms with Crippen LogP contribution in [0.3, 0.4) is 0 Å². The Balaban J connectivity index is 1.88. The second kappa shape index (κ2) is 5.77. The van der Waals surface area contributed by atoms with Gasteiger partial charge >= 0.3 is 0 Å². The van der Waals surface area contributed by atoms with E-state index in [1.54, 1.807) is 24.5 Å². The van der Waals surface area contributed by atoms with Gasteiger partial charge in [0.2, 0.25) is 0 Å². The molecule has 1 atom stereocenters. The predicted octanol–water partition coefficient (Wildman–Crippen LogP) is 4.70. The second-order valence-electron chi connectivity index (χ2n) is 4.79. The van der Waals surface area contributed by atoms with E-state index in [-0.39, 0.29) is 11.9 Å². The summed E-state index contributed by atoms with van der Waals surface area (Å²) < 4.78 is 14.8. The van der Waals surface area contributed by atoms with Crippen LogP contribution in [-0.2, 0) is 0 Å². The number of halogens is 2. The molecule has 3 nitrogen and oxygen atoms in total. The van der Waals surface area contributed by atoms with E-state index in [2.05, 4.69) is 31.2 Å². The van der Waals surface area contributed by atoms with E-state index in [0.29, 0.717) is 5.56 Å². The third-order valence-electron chi connectivity index (χ3n) is 3.28. The highest BCUT2D eigenvalue weighted by Gasteiger charge is 2.11. The Morgan fingerprint density at radius 3 is 2.62 bits per heavy atom. The van der Waals surface area contributed by atoms with Gasteiger partial charge in [-0.05, 0) is 43.3 Å². The summed E-state index contributed by atoms with van der Waals surface area (Å²) >= 11 is 3.37. The van der Waals surface area contributed by atoms with Crippen LogP contribution in [0.25, 0.3) is 11.0 Å². The molecule has 1 aromatic heterocycles. The minimum atomic E-state index is -0.223. The summed E-state index contributed by atoms with van der Waals surface area (Å²) in [6.07, 6.45) is 3.32. The molecule has 106 valence electrons. The summed E-state index contributed by atoms with van der Waals surface area (Å²) in [6.45, 7) is 1.92. The van der Waals surface area contributed by atoms with Crippen molar-refractivity contribution >= 4 is 32.7 Å². The molecule has 0 aliphatic rings. The van der Waals surface area contributed by atoms with Crippen molar-refractivity contribution in [1.29, 1.82) is 0 Å². The molecule has 0 aliphatic heterocycles. The molecule has 5 heteroatoms. The van der Waals surface area contributed by atoms with Gasteiger partial charge in [-0.3, -0.25) is 9.97 Å². The maximum Gasteiger partial charge on any atom is 0.128 e. The minimum absolute atomic E-state index is 0.156. The van der Waals surface area contributed by atoms with E-state index >= 15 is 0 Å². The van der Waals surface area contributed by atoms with Gasteiger partial charge in [0.25, 0.3) is 0 Å². The minimum Gasteiger partial charge on any atom is -0.378 e. The van der Waals surface area contributed by atoms with Crippen molar-refractivity contribution in [3.8, 4) is 0 Å². The molecular formula is C16H13BrFN3. The summed E-state index contributed by atoms with van der Waals surface area (Å²) in [6, 6.07) is 10.5. The molecule has 1 N–H and O–H groups in total. The maximum absolute atomic E-state index is 13.9. The van der Waals surface area contributed by atoms with Crippen molar-refractivity contribution in [2.75, 3.05) is 5.32 Å². The quantitative estimate of drug-likeness (QED) is 0.747. The van der Waals surface area contributed by atoms with E-state index in [1.165, 1.54) is 6.07 Å². The topological polar surface area (TPSA) is 37.8 Å². The first-order chi connectivity index (χ1) is 10.1. The summed E-state index contributed by atoms with van der Waals surface area (Å²) in [5, 5.41) is 3.29. The smallest absolute Gasteiger partial charge is 0.128 e. The van der Waals surface area contributed by atoms with Crippen LogP contribution < -0.4 is 5.32 Å². The lowest BCUT2D eigenvalue weighted by molar-refractivity contribution is 0.600. The Labute approximate surface area is 130 Å². The third-order valence-corrected chi connectivity index (χ3v) is 3.77. The number of fused-ring (bicyclic) bond motifs is 1. The molecule has 1 unspecified atom stereocenters. The van der Waals surface area contributed by atoms with Crippen molar-refractivity contribution in [2.45, 2.75) is 13.0 Å². The zero-order valence-electron chi connectivity index (χ0n) is 11.3. The van der Waals surface area contributed by atoms with E-state index in [4.69, 9.17) is 0 Å². The van der Waals surface area contributed by atoms with E-state index in [0.717, 1.165) is 21.2 Å². The zero-order valence-corrected chi connectivity index (χ0v) is 12.9. The van der Waals surface area contributed by atoms with Crippen LogP contribution in [0.15, 0.2) is 53.3 Å². The Bertz CT molecular complexity index is 791. The van der Waals surface area contributed by atoms with Crippen molar-refractivity contribution in [1.82, 2.24) is 9.97 Å². The fourth-order valence-electron chi connectivity index (χ4n) is 2.23. The standard InChI is InChI=1S/C16H13BrFN3/c1-10(13-8-11(17)2-4-14(13)18)21-12-3-5-15-16(9-12)20-7-6-19-15/h2-10,21H,1H3. The summed E-state index contributed by atoms with van der Waals surface area (Å²) in [7, 11) is 0. The van der Waals surface area contributed by atoms with Gasteiger partial charge in [0, 0.05) is 28.1 Å². The van der Waals surface area contributed by atoms with Gasteiger partial charge in [-0.1, -0.05) is 15.9 Å². The molecular weight excluding hydrogens is 333 g/mol. The SMILES string of the molecule is CC(Nc1ccc2nccnc2c1)c1cc(Br)ccc1F. The molecule has 0 aliphatic carbocycles. The summed E-state index contributed by atoms with van der Waals surface area (Å²) in [5.41, 5.74) is 3.15. The molecule has 2 aromatic carbocycles. The fourth-order valence-corrected chi connectivity index (χ4v) is 2.61. The molecule has 0 saturated heterocycles. The molecule has 3 rings (SSSR count). The van der Waals surface area contributed by atoms with Crippen LogP contribution in [0.5, 0.6) is 0 Å². The van der Waals surface area contributed by atoms with Crippen LogP contribution >= 0.6 is 15.9 Å². The average molecular weight is 346 g/mol. The van der Waals surface area contributed by atoms with Crippen LogP contribution in [0.4, 0.5) is 10.1 Å². The van der Waals surface area contributed by atoms with E-state index in [1.807, 2.05) is 25.1 Å². The Hall–Kier alpha value is -2.01. The van der Waals surface area contributed by atoms with E-state index in [9.17, 15) is 4.39 Å². The van der Waals surface area contributed by atoms with Gasteiger partial charge < -0.3 is 5.32 Å². The number of nitrogens with one attached hydrogen (secondary N) is 1. The van der Waals surface area contributed by atoms with Gasteiger partial charge in [0.15, 0.2) is 0 Å². The fraction of sp³-hybridized carbons (Fsp3) is 0.125. The molecule has 1 heterocycles.